The minimum absolute atomic E-state index is 0.0149. The molecule has 0 spiro atoms. The number of amides is 1. The Labute approximate surface area is 107 Å². The second-order valence-electron chi connectivity index (χ2n) is 5.07. The van der Waals surface area contributed by atoms with Crippen LogP contribution < -0.4 is 5.32 Å². The van der Waals surface area contributed by atoms with Crippen molar-refractivity contribution >= 4 is 5.91 Å². The lowest BCUT2D eigenvalue weighted by Crippen LogP contribution is -2.49. The van der Waals surface area contributed by atoms with Crippen molar-refractivity contribution in [2.24, 2.45) is 0 Å². The van der Waals surface area contributed by atoms with E-state index in [-0.39, 0.29) is 23.8 Å². The van der Waals surface area contributed by atoms with Gasteiger partial charge in [-0.15, -0.1) is 0 Å². The van der Waals surface area contributed by atoms with Gasteiger partial charge < -0.3 is 15.5 Å². The summed E-state index contributed by atoms with van der Waals surface area (Å²) >= 11 is 0. The largest absolute Gasteiger partial charge is 0.507 e. The van der Waals surface area contributed by atoms with Gasteiger partial charge in [0, 0.05) is 0 Å². The summed E-state index contributed by atoms with van der Waals surface area (Å²) in [7, 11) is 0. The maximum Gasteiger partial charge on any atom is 0.255 e. The normalized spacial score (nSPS) is 17.7. The van der Waals surface area contributed by atoms with Crippen LogP contribution in [0.4, 0.5) is 0 Å². The maximum absolute atomic E-state index is 12.2. The van der Waals surface area contributed by atoms with Gasteiger partial charge in [-0.25, -0.2) is 0 Å². The SMILES string of the molecule is Cc1cccc(C(=O)NC2(CO)CCCC2)c1O. The van der Waals surface area contributed by atoms with Crippen LogP contribution in [0.1, 0.15) is 41.6 Å². The lowest BCUT2D eigenvalue weighted by molar-refractivity contribution is 0.0835. The Morgan fingerprint density at radius 1 is 1.39 bits per heavy atom. The molecule has 3 N–H and O–H groups in total. The Morgan fingerprint density at radius 2 is 2.06 bits per heavy atom. The van der Waals surface area contributed by atoms with Gasteiger partial charge in [-0.2, -0.15) is 0 Å². The number of aliphatic hydroxyl groups is 1. The van der Waals surface area contributed by atoms with Gasteiger partial charge in [0.1, 0.15) is 5.75 Å². The number of rotatable bonds is 3. The Balaban J connectivity index is 2.19. The van der Waals surface area contributed by atoms with E-state index in [2.05, 4.69) is 5.32 Å². The number of benzene rings is 1. The molecule has 1 aromatic rings. The van der Waals surface area contributed by atoms with Gasteiger partial charge in [0.15, 0.2) is 0 Å². The van der Waals surface area contributed by atoms with E-state index in [9.17, 15) is 15.0 Å². The third kappa shape index (κ3) is 2.34. The summed E-state index contributed by atoms with van der Waals surface area (Å²) in [5, 5.41) is 22.2. The summed E-state index contributed by atoms with van der Waals surface area (Å²) in [6.45, 7) is 1.70. The second kappa shape index (κ2) is 4.98. The molecule has 1 aliphatic carbocycles. The van der Waals surface area contributed by atoms with Gasteiger partial charge in [0.05, 0.1) is 17.7 Å². The third-order valence-electron chi connectivity index (χ3n) is 3.72. The number of aliphatic hydroxyl groups excluding tert-OH is 1. The van der Waals surface area contributed by atoms with E-state index in [4.69, 9.17) is 0 Å². The quantitative estimate of drug-likeness (QED) is 0.764. The van der Waals surface area contributed by atoms with Gasteiger partial charge in [-0.05, 0) is 31.4 Å². The molecule has 0 unspecified atom stereocenters. The monoisotopic (exact) mass is 249 g/mol. The van der Waals surface area contributed by atoms with Crippen LogP contribution >= 0.6 is 0 Å². The molecule has 98 valence electrons. The van der Waals surface area contributed by atoms with E-state index in [0.29, 0.717) is 5.56 Å². The molecule has 0 saturated heterocycles. The zero-order chi connectivity index (χ0) is 13.2. The lowest BCUT2D eigenvalue weighted by Gasteiger charge is -2.28. The van der Waals surface area contributed by atoms with E-state index in [1.165, 1.54) is 0 Å². The molecule has 4 heteroatoms. The average molecular weight is 249 g/mol. The number of phenols is 1. The van der Waals surface area contributed by atoms with Gasteiger partial charge in [0.25, 0.3) is 5.91 Å². The van der Waals surface area contributed by atoms with Crippen LogP contribution in [0.2, 0.25) is 0 Å². The van der Waals surface area contributed by atoms with Crippen molar-refractivity contribution in [3.05, 3.63) is 29.3 Å². The molecule has 18 heavy (non-hydrogen) atoms. The fourth-order valence-corrected chi connectivity index (χ4v) is 2.52. The summed E-state index contributed by atoms with van der Waals surface area (Å²) in [5.41, 5.74) is 0.439. The lowest BCUT2D eigenvalue weighted by atomic mass is 9.98. The molecule has 0 atom stereocenters. The first-order chi connectivity index (χ1) is 8.58. The van der Waals surface area contributed by atoms with Crippen molar-refractivity contribution in [1.82, 2.24) is 5.32 Å². The molecule has 1 fully saturated rings. The van der Waals surface area contributed by atoms with Crippen LogP contribution in [0, 0.1) is 6.92 Å². The van der Waals surface area contributed by atoms with Crippen LogP contribution in [0.25, 0.3) is 0 Å². The molecule has 0 radical (unpaired) electrons. The Morgan fingerprint density at radius 3 is 2.67 bits per heavy atom. The number of para-hydroxylation sites is 1. The van der Waals surface area contributed by atoms with Crippen LogP contribution in [0.5, 0.6) is 5.75 Å². The summed E-state index contributed by atoms with van der Waals surface area (Å²) in [6, 6.07) is 5.09. The molecule has 0 bridgehead atoms. The van der Waals surface area contributed by atoms with Gasteiger partial charge in [0.2, 0.25) is 0 Å². The molecule has 1 amide bonds. The van der Waals surface area contributed by atoms with Crippen LogP contribution in [-0.4, -0.2) is 28.3 Å². The van der Waals surface area contributed by atoms with Crippen molar-refractivity contribution in [2.45, 2.75) is 38.1 Å². The number of aryl methyl sites for hydroxylation is 1. The Bertz CT molecular complexity index is 450. The zero-order valence-corrected chi connectivity index (χ0v) is 10.6. The fourth-order valence-electron chi connectivity index (χ4n) is 2.52. The van der Waals surface area contributed by atoms with Gasteiger partial charge >= 0.3 is 0 Å². The van der Waals surface area contributed by atoms with Crippen molar-refractivity contribution < 1.29 is 15.0 Å². The topological polar surface area (TPSA) is 69.6 Å². The molecule has 4 nitrogen and oxygen atoms in total. The molecule has 0 aromatic heterocycles. The number of nitrogens with one attached hydrogen (secondary N) is 1. The number of hydrogen-bond acceptors (Lipinski definition) is 3. The smallest absolute Gasteiger partial charge is 0.255 e. The number of hydrogen-bond donors (Lipinski definition) is 3. The average Bonchev–Trinajstić information content (AvgIpc) is 2.81. The third-order valence-corrected chi connectivity index (χ3v) is 3.72. The maximum atomic E-state index is 12.2. The van der Waals surface area contributed by atoms with E-state index >= 15 is 0 Å². The predicted molar refractivity (Wildman–Crippen MR) is 68.6 cm³/mol. The number of phenolic OH excluding ortho intramolecular Hbond substituents is 1. The van der Waals surface area contributed by atoms with Crippen molar-refractivity contribution in [3.63, 3.8) is 0 Å². The highest BCUT2D eigenvalue weighted by Gasteiger charge is 2.35. The van der Waals surface area contributed by atoms with E-state index in [1.54, 1.807) is 25.1 Å². The number of carbonyl (C=O) groups is 1. The fraction of sp³-hybridized carbons (Fsp3) is 0.500. The number of aromatic hydroxyl groups is 1. The van der Waals surface area contributed by atoms with Crippen LogP contribution in [0.15, 0.2) is 18.2 Å². The van der Waals surface area contributed by atoms with Crippen molar-refractivity contribution in [1.29, 1.82) is 0 Å². The van der Waals surface area contributed by atoms with E-state index < -0.39 is 5.54 Å². The first-order valence-electron chi connectivity index (χ1n) is 6.30. The minimum atomic E-state index is -0.507. The second-order valence-corrected chi connectivity index (χ2v) is 5.07. The van der Waals surface area contributed by atoms with Crippen molar-refractivity contribution in [3.8, 4) is 5.75 Å². The summed E-state index contributed by atoms with van der Waals surface area (Å²) in [4.78, 5) is 12.2. The van der Waals surface area contributed by atoms with E-state index in [1.807, 2.05) is 0 Å². The van der Waals surface area contributed by atoms with Crippen LogP contribution in [-0.2, 0) is 0 Å². The molecule has 2 rings (SSSR count). The molecular weight excluding hydrogens is 230 g/mol. The predicted octanol–water partition coefficient (Wildman–Crippen LogP) is 1.74. The molecule has 0 aliphatic heterocycles. The van der Waals surface area contributed by atoms with Gasteiger partial charge in [-0.1, -0.05) is 25.0 Å². The summed E-state index contributed by atoms with van der Waals surface area (Å²) < 4.78 is 0. The summed E-state index contributed by atoms with van der Waals surface area (Å²) in [5.74, 6) is -0.298. The Hall–Kier alpha value is -1.55. The Kier molecular flexibility index (Phi) is 3.57. The number of carbonyl (C=O) groups excluding carboxylic acids is 1. The minimum Gasteiger partial charge on any atom is -0.507 e. The molecule has 1 aromatic carbocycles. The molecule has 1 saturated carbocycles. The highest BCUT2D eigenvalue weighted by Crippen LogP contribution is 2.30. The molecule has 0 heterocycles. The highest BCUT2D eigenvalue weighted by molar-refractivity contribution is 5.97. The summed E-state index contributed by atoms with van der Waals surface area (Å²) in [6.07, 6.45) is 3.62. The highest BCUT2D eigenvalue weighted by atomic mass is 16.3. The van der Waals surface area contributed by atoms with Crippen LogP contribution in [0.3, 0.4) is 0 Å². The molecular formula is C14H19NO3. The first kappa shape index (κ1) is 12.9. The van der Waals surface area contributed by atoms with E-state index in [0.717, 1.165) is 25.7 Å². The molecule has 1 aliphatic rings. The first-order valence-corrected chi connectivity index (χ1v) is 6.30. The van der Waals surface area contributed by atoms with Crippen molar-refractivity contribution in [2.75, 3.05) is 6.61 Å². The zero-order valence-electron chi connectivity index (χ0n) is 10.6. The van der Waals surface area contributed by atoms with Gasteiger partial charge in [-0.3, -0.25) is 4.79 Å². The standard InChI is InChI=1S/C14H19NO3/c1-10-5-4-6-11(12(10)17)13(18)15-14(9-16)7-2-3-8-14/h4-6,16-17H,2-3,7-9H2,1H3,(H,15,18).